The highest BCUT2D eigenvalue weighted by Gasteiger charge is 2.13. The van der Waals surface area contributed by atoms with Gasteiger partial charge in [0, 0.05) is 12.2 Å². The number of nitrogens with one attached hydrogen (secondary N) is 2. The summed E-state index contributed by atoms with van der Waals surface area (Å²) in [5.74, 6) is 0.782. The molecular formula is C17H26N2O2. The average molecular weight is 290 g/mol. The highest BCUT2D eigenvalue weighted by Crippen LogP contribution is 2.25. The van der Waals surface area contributed by atoms with Gasteiger partial charge in [0.05, 0.1) is 6.10 Å². The molecule has 3 N–H and O–H groups in total. The van der Waals surface area contributed by atoms with Crippen LogP contribution < -0.4 is 10.6 Å². The van der Waals surface area contributed by atoms with Gasteiger partial charge < -0.3 is 15.7 Å². The predicted molar refractivity (Wildman–Crippen MR) is 85.3 cm³/mol. The first-order valence-electron chi connectivity index (χ1n) is 7.98. The Bertz CT molecular complexity index is 437. The summed E-state index contributed by atoms with van der Waals surface area (Å²) in [6.07, 6.45) is 7.26. The van der Waals surface area contributed by atoms with Crippen molar-refractivity contribution in [3.8, 4) is 0 Å². The van der Waals surface area contributed by atoms with Crippen molar-refractivity contribution in [1.29, 1.82) is 0 Å². The fourth-order valence-electron chi connectivity index (χ4n) is 2.89. The molecule has 1 aromatic carbocycles. The first-order chi connectivity index (χ1) is 10.1. The Kier molecular flexibility index (Phi) is 6.05. The second kappa shape index (κ2) is 8.03. The number of carbonyl (C=O) groups excluding carboxylic acids is 1. The van der Waals surface area contributed by atoms with Crippen LogP contribution in [-0.4, -0.2) is 17.7 Å². The van der Waals surface area contributed by atoms with Crippen LogP contribution in [0.15, 0.2) is 24.3 Å². The van der Waals surface area contributed by atoms with Crippen molar-refractivity contribution in [3.63, 3.8) is 0 Å². The molecule has 2 amide bonds. The van der Waals surface area contributed by atoms with Crippen LogP contribution >= 0.6 is 0 Å². The first kappa shape index (κ1) is 15.8. The largest absolute Gasteiger partial charge is 0.389 e. The van der Waals surface area contributed by atoms with Crippen LogP contribution in [0, 0.1) is 5.92 Å². The van der Waals surface area contributed by atoms with E-state index in [0.717, 1.165) is 30.1 Å². The molecule has 1 aliphatic carbocycles. The van der Waals surface area contributed by atoms with Crippen molar-refractivity contribution in [1.82, 2.24) is 5.32 Å². The maximum absolute atomic E-state index is 11.8. The summed E-state index contributed by atoms with van der Waals surface area (Å²) in [4.78, 5) is 11.8. The van der Waals surface area contributed by atoms with Gasteiger partial charge in [-0.15, -0.1) is 0 Å². The number of rotatable bonds is 5. The predicted octanol–water partition coefficient (Wildman–Crippen LogP) is 3.83. The summed E-state index contributed by atoms with van der Waals surface area (Å²) in [5, 5.41) is 15.2. The summed E-state index contributed by atoms with van der Waals surface area (Å²) in [6.45, 7) is 2.46. The van der Waals surface area contributed by atoms with Crippen LogP contribution in [-0.2, 0) is 0 Å². The lowest BCUT2D eigenvalue weighted by Crippen LogP contribution is -2.30. The summed E-state index contributed by atoms with van der Waals surface area (Å²) in [5.41, 5.74) is 1.59. The molecule has 4 nitrogen and oxygen atoms in total. The molecule has 0 saturated heterocycles. The molecule has 21 heavy (non-hydrogen) atoms. The van der Waals surface area contributed by atoms with E-state index >= 15 is 0 Å². The number of aliphatic hydroxyl groups is 1. The standard InChI is InChI=1S/C17H26N2O2/c1-13(20)15-7-9-16(10-8-15)19-17(21)18-12-11-14-5-3-2-4-6-14/h7-10,13-14,20H,2-6,11-12H2,1H3,(H2,18,19,21). The number of hydrogen-bond donors (Lipinski definition) is 3. The maximum atomic E-state index is 11.8. The molecule has 1 fully saturated rings. The van der Waals surface area contributed by atoms with Crippen molar-refractivity contribution in [2.45, 2.75) is 51.6 Å². The van der Waals surface area contributed by atoms with Crippen LogP contribution in [0.1, 0.15) is 57.1 Å². The number of urea groups is 1. The van der Waals surface area contributed by atoms with Crippen molar-refractivity contribution < 1.29 is 9.90 Å². The fourth-order valence-corrected chi connectivity index (χ4v) is 2.89. The normalized spacial score (nSPS) is 17.2. The van der Waals surface area contributed by atoms with Crippen LogP contribution in [0.5, 0.6) is 0 Å². The second-order valence-electron chi connectivity index (χ2n) is 5.97. The smallest absolute Gasteiger partial charge is 0.319 e. The Morgan fingerprint density at radius 3 is 2.52 bits per heavy atom. The van der Waals surface area contributed by atoms with E-state index in [4.69, 9.17) is 0 Å². The zero-order chi connectivity index (χ0) is 15.1. The van der Waals surface area contributed by atoms with E-state index in [-0.39, 0.29) is 6.03 Å². The van der Waals surface area contributed by atoms with E-state index in [1.165, 1.54) is 32.1 Å². The van der Waals surface area contributed by atoms with Crippen molar-refractivity contribution in [2.75, 3.05) is 11.9 Å². The summed E-state index contributed by atoms with van der Waals surface area (Å²) >= 11 is 0. The fraction of sp³-hybridized carbons (Fsp3) is 0.588. The van der Waals surface area contributed by atoms with Crippen molar-refractivity contribution in [3.05, 3.63) is 29.8 Å². The third-order valence-electron chi connectivity index (χ3n) is 4.21. The molecule has 0 bridgehead atoms. The van der Waals surface area contributed by atoms with E-state index in [1.54, 1.807) is 6.92 Å². The number of carbonyl (C=O) groups is 1. The monoisotopic (exact) mass is 290 g/mol. The van der Waals surface area contributed by atoms with E-state index in [2.05, 4.69) is 10.6 Å². The molecule has 0 radical (unpaired) electrons. The summed E-state index contributed by atoms with van der Waals surface area (Å²) < 4.78 is 0. The van der Waals surface area contributed by atoms with Gasteiger partial charge in [0.25, 0.3) is 0 Å². The van der Waals surface area contributed by atoms with Gasteiger partial charge >= 0.3 is 6.03 Å². The van der Waals surface area contributed by atoms with Crippen LogP contribution in [0.25, 0.3) is 0 Å². The third kappa shape index (κ3) is 5.38. The highest BCUT2D eigenvalue weighted by atomic mass is 16.3. The van der Waals surface area contributed by atoms with E-state index < -0.39 is 6.10 Å². The average Bonchev–Trinajstić information content (AvgIpc) is 2.49. The molecule has 1 saturated carbocycles. The van der Waals surface area contributed by atoms with Gasteiger partial charge in [-0.05, 0) is 37.0 Å². The zero-order valence-corrected chi connectivity index (χ0v) is 12.8. The maximum Gasteiger partial charge on any atom is 0.319 e. The molecule has 0 aromatic heterocycles. The van der Waals surface area contributed by atoms with Crippen molar-refractivity contribution >= 4 is 11.7 Å². The number of amides is 2. The lowest BCUT2D eigenvalue weighted by atomic mass is 9.87. The Morgan fingerprint density at radius 2 is 1.90 bits per heavy atom. The van der Waals surface area contributed by atoms with Gasteiger partial charge in [-0.25, -0.2) is 4.79 Å². The molecule has 0 aliphatic heterocycles. The molecule has 116 valence electrons. The summed E-state index contributed by atoms with van der Waals surface area (Å²) in [6, 6.07) is 7.10. The quantitative estimate of drug-likeness (QED) is 0.771. The molecule has 1 aliphatic rings. The summed E-state index contributed by atoms with van der Waals surface area (Å²) in [7, 11) is 0. The minimum atomic E-state index is -0.483. The first-order valence-corrected chi connectivity index (χ1v) is 7.98. The molecule has 1 aromatic rings. The molecule has 0 spiro atoms. The van der Waals surface area contributed by atoms with Crippen LogP contribution in [0.4, 0.5) is 10.5 Å². The van der Waals surface area contributed by atoms with Crippen LogP contribution in [0.3, 0.4) is 0 Å². The highest BCUT2D eigenvalue weighted by molar-refractivity contribution is 5.89. The minimum absolute atomic E-state index is 0.157. The Hall–Kier alpha value is -1.55. The van der Waals surface area contributed by atoms with Gasteiger partial charge in [-0.2, -0.15) is 0 Å². The van der Waals surface area contributed by atoms with Gasteiger partial charge in [-0.1, -0.05) is 44.2 Å². The van der Waals surface area contributed by atoms with Gasteiger partial charge in [0.1, 0.15) is 0 Å². The van der Waals surface area contributed by atoms with Gasteiger partial charge in [0.15, 0.2) is 0 Å². The Labute approximate surface area is 126 Å². The number of benzene rings is 1. The Morgan fingerprint density at radius 1 is 1.24 bits per heavy atom. The van der Waals surface area contributed by atoms with Gasteiger partial charge in [0.2, 0.25) is 0 Å². The number of anilines is 1. The lowest BCUT2D eigenvalue weighted by molar-refractivity contribution is 0.199. The molecular weight excluding hydrogens is 264 g/mol. The van der Waals surface area contributed by atoms with E-state index in [0.29, 0.717) is 0 Å². The lowest BCUT2D eigenvalue weighted by Gasteiger charge is -2.21. The third-order valence-corrected chi connectivity index (χ3v) is 4.21. The van der Waals surface area contributed by atoms with E-state index in [1.807, 2.05) is 24.3 Å². The van der Waals surface area contributed by atoms with Crippen molar-refractivity contribution in [2.24, 2.45) is 5.92 Å². The Balaban J connectivity index is 1.68. The zero-order valence-electron chi connectivity index (χ0n) is 12.8. The molecule has 1 unspecified atom stereocenters. The number of hydrogen-bond acceptors (Lipinski definition) is 2. The van der Waals surface area contributed by atoms with E-state index in [9.17, 15) is 9.90 Å². The molecule has 1 atom stereocenters. The number of aliphatic hydroxyl groups excluding tert-OH is 1. The molecule has 2 rings (SSSR count). The van der Waals surface area contributed by atoms with Crippen LogP contribution in [0.2, 0.25) is 0 Å². The topological polar surface area (TPSA) is 61.4 Å². The molecule has 4 heteroatoms. The SMILES string of the molecule is CC(O)c1ccc(NC(=O)NCCC2CCCCC2)cc1. The minimum Gasteiger partial charge on any atom is -0.389 e. The molecule has 0 heterocycles. The second-order valence-corrected chi connectivity index (χ2v) is 5.97. The van der Waals surface area contributed by atoms with Gasteiger partial charge in [-0.3, -0.25) is 0 Å².